The van der Waals surface area contributed by atoms with Gasteiger partial charge in [-0.25, -0.2) is 0 Å². The molecule has 0 unspecified atom stereocenters. The lowest BCUT2D eigenvalue weighted by Crippen LogP contribution is -2.41. The van der Waals surface area contributed by atoms with Gasteiger partial charge in [0.05, 0.1) is 13.7 Å². The molecule has 0 radical (unpaired) electrons. The third kappa shape index (κ3) is 4.03. The summed E-state index contributed by atoms with van der Waals surface area (Å²) in [5, 5.41) is 0. The van der Waals surface area contributed by atoms with Gasteiger partial charge in [0, 0.05) is 5.56 Å². The van der Waals surface area contributed by atoms with Gasteiger partial charge in [0.1, 0.15) is 5.76 Å². The molecule has 2 rings (SSSR count). The number of nitrogens with one attached hydrogen (secondary N) is 2. The van der Waals surface area contributed by atoms with Crippen molar-refractivity contribution in [2.24, 2.45) is 0 Å². The van der Waals surface area contributed by atoms with E-state index in [0.717, 1.165) is 0 Å². The number of hydrogen-bond donors (Lipinski definition) is 2. The van der Waals surface area contributed by atoms with E-state index in [9.17, 15) is 9.59 Å². The molecule has 0 saturated carbocycles. The van der Waals surface area contributed by atoms with Crippen molar-refractivity contribution in [3.05, 3.63) is 47.4 Å². The van der Waals surface area contributed by atoms with Gasteiger partial charge in [0.15, 0.2) is 17.3 Å². The largest absolute Gasteiger partial charge is 0.493 e. The average molecular weight is 318 g/mol. The maximum absolute atomic E-state index is 12.1. The molecule has 0 aliphatic carbocycles. The summed E-state index contributed by atoms with van der Waals surface area (Å²) < 4.78 is 15.7. The van der Waals surface area contributed by atoms with Gasteiger partial charge in [0.25, 0.3) is 5.91 Å². The Morgan fingerprint density at radius 3 is 2.43 bits per heavy atom. The van der Waals surface area contributed by atoms with E-state index in [-0.39, 0.29) is 5.76 Å². The van der Waals surface area contributed by atoms with E-state index in [1.807, 2.05) is 6.92 Å². The molecule has 2 N–H and O–H groups in total. The van der Waals surface area contributed by atoms with Crippen LogP contribution in [0.15, 0.2) is 34.7 Å². The molecule has 2 amide bonds. The van der Waals surface area contributed by atoms with E-state index >= 15 is 0 Å². The second kappa shape index (κ2) is 7.35. The number of rotatable bonds is 5. The number of methoxy groups -OCH3 is 1. The number of amides is 2. The first-order valence-electron chi connectivity index (χ1n) is 7.03. The molecular weight excluding hydrogens is 300 g/mol. The molecule has 2 aromatic rings. The second-order valence-electron chi connectivity index (χ2n) is 4.62. The van der Waals surface area contributed by atoms with Crippen molar-refractivity contribution < 1.29 is 23.5 Å². The van der Waals surface area contributed by atoms with Crippen molar-refractivity contribution >= 4 is 11.8 Å². The number of aryl methyl sites for hydroxylation is 1. The quantitative estimate of drug-likeness (QED) is 0.824. The Kier molecular flexibility index (Phi) is 5.24. The fraction of sp³-hybridized carbons (Fsp3) is 0.250. The Morgan fingerprint density at radius 2 is 1.83 bits per heavy atom. The van der Waals surface area contributed by atoms with Crippen molar-refractivity contribution in [1.82, 2.24) is 10.9 Å². The molecule has 122 valence electrons. The van der Waals surface area contributed by atoms with E-state index in [4.69, 9.17) is 13.9 Å². The Bertz CT molecular complexity index is 708. The summed E-state index contributed by atoms with van der Waals surface area (Å²) in [6, 6.07) is 7.93. The Balaban J connectivity index is 2.01. The van der Waals surface area contributed by atoms with Crippen LogP contribution in [0.3, 0.4) is 0 Å². The lowest BCUT2D eigenvalue weighted by molar-refractivity contribution is 0.0830. The van der Waals surface area contributed by atoms with Crippen molar-refractivity contribution in [3.8, 4) is 11.5 Å². The van der Waals surface area contributed by atoms with E-state index in [1.54, 1.807) is 25.1 Å². The van der Waals surface area contributed by atoms with Gasteiger partial charge < -0.3 is 13.9 Å². The average Bonchev–Trinajstić information content (AvgIpc) is 2.99. The lowest BCUT2D eigenvalue weighted by atomic mass is 10.2. The zero-order chi connectivity index (χ0) is 16.8. The highest BCUT2D eigenvalue weighted by Crippen LogP contribution is 2.27. The summed E-state index contributed by atoms with van der Waals surface area (Å²) in [5.74, 6) is 0.686. The van der Waals surface area contributed by atoms with Crippen molar-refractivity contribution in [1.29, 1.82) is 0 Å². The fourth-order valence-electron chi connectivity index (χ4n) is 1.89. The maximum Gasteiger partial charge on any atom is 0.305 e. The fourth-order valence-corrected chi connectivity index (χ4v) is 1.89. The third-order valence-corrected chi connectivity index (χ3v) is 2.98. The molecule has 7 heteroatoms. The summed E-state index contributed by atoms with van der Waals surface area (Å²) >= 11 is 0. The maximum atomic E-state index is 12.1. The predicted octanol–water partition coefficient (Wildman–Crippen LogP) is 2.07. The first kappa shape index (κ1) is 16.4. The number of carbonyl (C=O) groups is 2. The molecule has 1 aromatic heterocycles. The van der Waals surface area contributed by atoms with Crippen LogP contribution < -0.4 is 20.3 Å². The van der Waals surface area contributed by atoms with Gasteiger partial charge in [0.2, 0.25) is 0 Å². The molecule has 1 aromatic carbocycles. The monoisotopic (exact) mass is 318 g/mol. The first-order valence-corrected chi connectivity index (χ1v) is 7.03. The molecule has 23 heavy (non-hydrogen) atoms. The van der Waals surface area contributed by atoms with Crippen LogP contribution in [0.2, 0.25) is 0 Å². The Hall–Kier alpha value is -2.96. The third-order valence-electron chi connectivity index (χ3n) is 2.98. The minimum Gasteiger partial charge on any atom is -0.493 e. The zero-order valence-electron chi connectivity index (χ0n) is 13.1. The van der Waals surface area contributed by atoms with Crippen LogP contribution >= 0.6 is 0 Å². The van der Waals surface area contributed by atoms with Gasteiger partial charge in [-0.05, 0) is 44.2 Å². The normalized spacial score (nSPS) is 10.0. The molecule has 0 spiro atoms. The van der Waals surface area contributed by atoms with E-state index in [2.05, 4.69) is 10.9 Å². The minimum absolute atomic E-state index is 0.118. The van der Waals surface area contributed by atoms with Crippen LogP contribution in [0.1, 0.15) is 33.6 Å². The summed E-state index contributed by atoms with van der Waals surface area (Å²) in [6.07, 6.45) is 0. The number of furan rings is 1. The van der Waals surface area contributed by atoms with Gasteiger partial charge in [-0.15, -0.1) is 0 Å². The molecule has 0 fully saturated rings. The second-order valence-corrected chi connectivity index (χ2v) is 4.62. The highest BCUT2D eigenvalue weighted by Gasteiger charge is 2.14. The van der Waals surface area contributed by atoms with Crippen molar-refractivity contribution in [2.75, 3.05) is 13.7 Å². The summed E-state index contributed by atoms with van der Waals surface area (Å²) in [4.78, 5) is 23.9. The van der Waals surface area contributed by atoms with Gasteiger partial charge >= 0.3 is 5.91 Å². The molecule has 1 heterocycles. The van der Waals surface area contributed by atoms with Crippen molar-refractivity contribution in [3.63, 3.8) is 0 Å². The molecule has 7 nitrogen and oxygen atoms in total. The standard InChI is InChI=1S/C16H18N2O5/c1-4-22-12-8-6-11(9-14(12)21-3)15(19)17-18-16(20)13-7-5-10(2)23-13/h5-9H,4H2,1-3H3,(H,17,19)(H,18,20). The number of benzene rings is 1. The highest BCUT2D eigenvalue weighted by molar-refractivity contribution is 5.98. The summed E-state index contributed by atoms with van der Waals surface area (Å²) in [5.41, 5.74) is 4.92. The zero-order valence-corrected chi connectivity index (χ0v) is 13.1. The summed E-state index contributed by atoms with van der Waals surface area (Å²) in [6.45, 7) is 4.06. The van der Waals surface area contributed by atoms with Crippen molar-refractivity contribution in [2.45, 2.75) is 13.8 Å². The molecule has 0 saturated heterocycles. The number of carbonyl (C=O) groups excluding carboxylic acids is 2. The Morgan fingerprint density at radius 1 is 1.09 bits per heavy atom. The minimum atomic E-state index is -0.538. The number of ether oxygens (including phenoxy) is 2. The first-order chi connectivity index (χ1) is 11.0. The van der Waals surface area contributed by atoms with Crippen LogP contribution in [0.5, 0.6) is 11.5 Å². The molecular formula is C16H18N2O5. The molecule has 0 atom stereocenters. The van der Waals surface area contributed by atoms with Crippen LogP contribution in [-0.4, -0.2) is 25.5 Å². The smallest absolute Gasteiger partial charge is 0.305 e. The number of hydrazine groups is 1. The van der Waals surface area contributed by atoms with Crippen LogP contribution in [0.25, 0.3) is 0 Å². The van der Waals surface area contributed by atoms with Crippen LogP contribution in [-0.2, 0) is 0 Å². The van der Waals surface area contributed by atoms with Gasteiger partial charge in [-0.3, -0.25) is 20.4 Å². The summed E-state index contributed by atoms with van der Waals surface area (Å²) in [7, 11) is 1.49. The van der Waals surface area contributed by atoms with Crippen LogP contribution in [0, 0.1) is 6.92 Å². The SMILES string of the molecule is CCOc1ccc(C(=O)NNC(=O)c2ccc(C)o2)cc1OC. The molecule has 0 aliphatic rings. The van der Waals surface area contributed by atoms with E-state index < -0.39 is 11.8 Å². The van der Waals surface area contributed by atoms with Gasteiger partial charge in [-0.2, -0.15) is 0 Å². The lowest BCUT2D eigenvalue weighted by Gasteiger charge is -2.11. The van der Waals surface area contributed by atoms with E-state index in [1.165, 1.54) is 19.2 Å². The van der Waals surface area contributed by atoms with E-state index in [0.29, 0.717) is 29.4 Å². The molecule has 0 bridgehead atoms. The number of hydrogen-bond acceptors (Lipinski definition) is 5. The molecule has 0 aliphatic heterocycles. The highest BCUT2D eigenvalue weighted by atomic mass is 16.5. The topological polar surface area (TPSA) is 89.8 Å². The van der Waals surface area contributed by atoms with Crippen LogP contribution in [0.4, 0.5) is 0 Å². The van der Waals surface area contributed by atoms with Gasteiger partial charge in [-0.1, -0.05) is 0 Å². The predicted molar refractivity (Wildman–Crippen MR) is 82.5 cm³/mol. The Labute approximate surface area is 133 Å².